The Labute approximate surface area is 248 Å². The van der Waals surface area contributed by atoms with Gasteiger partial charge in [-0.1, -0.05) is 219 Å². The van der Waals surface area contributed by atoms with Crippen LogP contribution in [0.25, 0.3) is 0 Å². The monoisotopic (exact) mass is 549 g/mol. The average molecular weight is 549 g/mol. The average Bonchev–Trinajstić information content (AvgIpc) is 2.95. The zero-order chi connectivity index (χ0) is 28.3. The maximum absolute atomic E-state index is 10.4. The fourth-order valence-electron chi connectivity index (χ4n) is 6.35. The maximum Gasteiger partial charge on any atom is 0.119 e. The van der Waals surface area contributed by atoms with Gasteiger partial charge in [-0.25, -0.2) is 0 Å². The second-order valence-electron chi connectivity index (χ2n) is 13.1. The van der Waals surface area contributed by atoms with Gasteiger partial charge in [0, 0.05) is 6.42 Å². The predicted molar refractivity (Wildman–Crippen MR) is 178 cm³/mol. The molecule has 0 rings (SSSR count). The molecular formula is C38H76O. The van der Waals surface area contributed by atoms with Crippen molar-refractivity contribution in [1.82, 2.24) is 0 Å². The van der Waals surface area contributed by atoms with Crippen molar-refractivity contribution in [2.75, 3.05) is 0 Å². The Hall–Kier alpha value is -0.330. The van der Waals surface area contributed by atoms with E-state index in [1.807, 2.05) is 0 Å². The third kappa shape index (κ3) is 33.8. The van der Waals surface area contributed by atoms with E-state index < -0.39 is 0 Å². The molecule has 0 radical (unpaired) electrons. The highest BCUT2D eigenvalue weighted by atomic mass is 16.1. The number of hydrogen-bond acceptors (Lipinski definition) is 1. The van der Waals surface area contributed by atoms with Gasteiger partial charge in [0.15, 0.2) is 0 Å². The quantitative estimate of drug-likeness (QED) is 0.0568. The van der Waals surface area contributed by atoms with Crippen LogP contribution in [0.15, 0.2) is 0 Å². The molecule has 0 aromatic carbocycles. The molecule has 1 nitrogen and oxygen atoms in total. The van der Waals surface area contributed by atoms with Crippen LogP contribution in [0.4, 0.5) is 0 Å². The Morgan fingerprint density at radius 2 is 0.564 bits per heavy atom. The molecule has 0 amide bonds. The summed E-state index contributed by atoms with van der Waals surface area (Å²) in [4.78, 5) is 10.4. The fraction of sp³-hybridized carbons (Fsp3) is 0.974. The summed E-state index contributed by atoms with van der Waals surface area (Å²) in [5.74, 6) is 1.02. The molecule has 0 fully saturated rings. The van der Waals surface area contributed by atoms with Crippen molar-refractivity contribution in [3.63, 3.8) is 0 Å². The summed E-state index contributed by atoms with van der Waals surface area (Å²) in [7, 11) is 0. The molecule has 1 heteroatoms. The van der Waals surface area contributed by atoms with Crippen LogP contribution >= 0.6 is 0 Å². The van der Waals surface area contributed by atoms with E-state index in [4.69, 9.17) is 0 Å². The molecule has 1 atom stereocenters. The molecule has 1 unspecified atom stereocenters. The summed E-state index contributed by atoms with van der Waals surface area (Å²) >= 11 is 0. The van der Waals surface area contributed by atoms with E-state index in [1.54, 1.807) is 0 Å². The smallest absolute Gasteiger partial charge is 0.119 e. The molecule has 39 heavy (non-hydrogen) atoms. The standard InChI is InChI=1S/C38H76O/c1-3-5-7-9-11-13-16-19-23-27-31-35-38(34-30-26-22-12-10-8-6-4-2)36-32-28-24-20-17-14-15-18-21-25-29-33-37-39/h37-38H,3-36H2,1-2H3. The van der Waals surface area contributed by atoms with Gasteiger partial charge in [0.05, 0.1) is 0 Å². The van der Waals surface area contributed by atoms with Crippen LogP contribution in [0.1, 0.15) is 232 Å². The molecule has 0 bridgehead atoms. The van der Waals surface area contributed by atoms with Gasteiger partial charge in [0.1, 0.15) is 6.29 Å². The first-order valence-corrected chi connectivity index (χ1v) is 18.8. The topological polar surface area (TPSA) is 17.1 Å². The van der Waals surface area contributed by atoms with Crippen LogP contribution in [0.5, 0.6) is 0 Å². The first-order chi connectivity index (χ1) is 19.3. The highest BCUT2D eigenvalue weighted by Gasteiger charge is 2.09. The number of aldehydes is 1. The third-order valence-electron chi connectivity index (χ3n) is 9.12. The van der Waals surface area contributed by atoms with Crippen molar-refractivity contribution < 1.29 is 4.79 Å². The van der Waals surface area contributed by atoms with Crippen LogP contribution in [0.2, 0.25) is 0 Å². The van der Waals surface area contributed by atoms with E-state index in [2.05, 4.69) is 13.8 Å². The molecular weight excluding hydrogens is 472 g/mol. The molecule has 0 saturated heterocycles. The Balaban J connectivity index is 3.84. The fourth-order valence-corrected chi connectivity index (χ4v) is 6.35. The van der Waals surface area contributed by atoms with Crippen LogP contribution in [0.3, 0.4) is 0 Å². The summed E-state index contributed by atoms with van der Waals surface area (Å²) in [6.07, 6.45) is 49.3. The lowest BCUT2D eigenvalue weighted by molar-refractivity contribution is -0.107. The summed E-state index contributed by atoms with van der Waals surface area (Å²) in [5.41, 5.74) is 0. The molecule has 0 N–H and O–H groups in total. The minimum absolute atomic E-state index is 0.763. The summed E-state index contributed by atoms with van der Waals surface area (Å²) in [6.45, 7) is 4.63. The van der Waals surface area contributed by atoms with E-state index in [0.717, 1.165) is 25.0 Å². The van der Waals surface area contributed by atoms with E-state index in [-0.39, 0.29) is 0 Å². The number of rotatable bonds is 35. The van der Waals surface area contributed by atoms with Crippen LogP contribution < -0.4 is 0 Å². The van der Waals surface area contributed by atoms with Crippen LogP contribution in [0, 0.1) is 5.92 Å². The largest absolute Gasteiger partial charge is 0.303 e. The van der Waals surface area contributed by atoms with Crippen molar-refractivity contribution >= 4 is 6.29 Å². The zero-order valence-corrected chi connectivity index (χ0v) is 27.6. The van der Waals surface area contributed by atoms with Gasteiger partial charge in [0.2, 0.25) is 0 Å². The van der Waals surface area contributed by atoms with Gasteiger partial charge in [-0.15, -0.1) is 0 Å². The molecule has 0 saturated carbocycles. The summed E-state index contributed by atoms with van der Waals surface area (Å²) < 4.78 is 0. The van der Waals surface area contributed by atoms with Gasteiger partial charge in [-0.2, -0.15) is 0 Å². The lowest BCUT2D eigenvalue weighted by Crippen LogP contribution is -2.01. The third-order valence-corrected chi connectivity index (χ3v) is 9.12. The minimum Gasteiger partial charge on any atom is -0.303 e. The number of carbonyl (C=O) groups is 1. The van der Waals surface area contributed by atoms with Crippen molar-refractivity contribution in [3.8, 4) is 0 Å². The first-order valence-electron chi connectivity index (χ1n) is 18.8. The van der Waals surface area contributed by atoms with Crippen molar-refractivity contribution in [2.45, 2.75) is 232 Å². The SMILES string of the molecule is CCCCCCCCCCCCCC(CCCCCCCCCC)CCCCCCCCCCCCCC=O. The van der Waals surface area contributed by atoms with E-state index >= 15 is 0 Å². The Bertz CT molecular complexity index is 430. The van der Waals surface area contributed by atoms with E-state index in [0.29, 0.717) is 0 Å². The van der Waals surface area contributed by atoms with Gasteiger partial charge in [-0.3, -0.25) is 0 Å². The van der Waals surface area contributed by atoms with Crippen molar-refractivity contribution in [2.24, 2.45) is 5.92 Å². The second-order valence-corrected chi connectivity index (χ2v) is 13.1. The number of hydrogen-bond donors (Lipinski definition) is 0. The summed E-state index contributed by atoms with van der Waals surface area (Å²) in [6, 6.07) is 0. The molecule has 234 valence electrons. The Morgan fingerprint density at radius 3 is 0.821 bits per heavy atom. The molecule has 0 aliphatic rings. The minimum atomic E-state index is 0.763. The van der Waals surface area contributed by atoms with Gasteiger partial charge in [0.25, 0.3) is 0 Å². The molecule has 0 aromatic rings. The second kappa shape index (κ2) is 35.7. The van der Waals surface area contributed by atoms with Crippen molar-refractivity contribution in [1.29, 1.82) is 0 Å². The van der Waals surface area contributed by atoms with E-state index in [1.165, 1.54) is 205 Å². The van der Waals surface area contributed by atoms with Crippen LogP contribution in [-0.4, -0.2) is 6.29 Å². The highest BCUT2D eigenvalue weighted by Crippen LogP contribution is 2.25. The Morgan fingerprint density at radius 1 is 0.333 bits per heavy atom. The first kappa shape index (κ1) is 38.7. The normalized spacial score (nSPS) is 12.3. The number of carbonyl (C=O) groups excluding carboxylic acids is 1. The highest BCUT2D eigenvalue weighted by molar-refractivity contribution is 5.48. The molecule has 0 aromatic heterocycles. The zero-order valence-electron chi connectivity index (χ0n) is 27.6. The van der Waals surface area contributed by atoms with Gasteiger partial charge in [-0.05, 0) is 12.3 Å². The number of unbranched alkanes of at least 4 members (excludes halogenated alkanes) is 28. The van der Waals surface area contributed by atoms with Crippen LogP contribution in [-0.2, 0) is 4.79 Å². The lowest BCUT2D eigenvalue weighted by atomic mass is 9.89. The predicted octanol–water partition coefficient (Wildman–Crippen LogP) is 14.1. The van der Waals surface area contributed by atoms with Crippen molar-refractivity contribution in [3.05, 3.63) is 0 Å². The molecule has 0 aliphatic carbocycles. The van der Waals surface area contributed by atoms with E-state index in [9.17, 15) is 4.79 Å². The molecule has 0 heterocycles. The Kier molecular flexibility index (Phi) is 35.4. The molecule has 0 spiro atoms. The summed E-state index contributed by atoms with van der Waals surface area (Å²) in [5, 5.41) is 0. The maximum atomic E-state index is 10.4. The van der Waals surface area contributed by atoms with Gasteiger partial charge >= 0.3 is 0 Å². The lowest BCUT2D eigenvalue weighted by Gasteiger charge is -2.17. The van der Waals surface area contributed by atoms with Gasteiger partial charge < -0.3 is 4.79 Å². The molecule has 0 aliphatic heterocycles.